The minimum absolute atomic E-state index is 0.0508. The lowest BCUT2D eigenvalue weighted by atomic mass is 9.96. The maximum Gasteiger partial charge on any atom is 0.195 e. The number of aryl methyl sites for hydroxylation is 2. The van der Waals surface area contributed by atoms with Crippen LogP contribution in [-0.4, -0.2) is 10.8 Å². The molecule has 0 radical (unpaired) electrons. The second-order valence-electron chi connectivity index (χ2n) is 5.19. The second kappa shape index (κ2) is 4.92. The van der Waals surface area contributed by atoms with Gasteiger partial charge in [0.1, 0.15) is 0 Å². The molecule has 2 aromatic carbocycles. The largest absolute Gasteiger partial charge is 0.360 e. The Labute approximate surface area is 122 Å². The molecule has 21 heavy (non-hydrogen) atoms. The molecule has 0 saturated carbocycles. The summed E-state index contributed by atoms with van der Waals surface area (Å²) in [5, 5.41) is 9.95. The number of nitrogens with zero attached hydrogens (tertiary/aromatic N) is 1. The van der Waals surface area contributed by atoms with E-state index in [2.05, 4.69) is 11.1 Å². The molecular weight excluding hydrogens is 260 g/mol. The molecule has 1 N–H and O–H groups in total. The average molecular weight is 274 g/mol. The van der Waals surface area contributed by atoms with E-state index in [0.29, 0.717) is 22.1 Å². The number of carbonyl (C=O) groups is 1. The van der Waals surface area contributed by atoms with Gasteiger partial charge < -0.3 is 4.98 Å². The number of fused-ring (bicyclic) bond motifs is 1. The number of nitrogens with one attached hydrogen (secondary N) is 1. The van der Waals surface area contributed by atoms with Gasteiger partial charge >= 0.3 is 0 Å². The van der Waals surface area contributed by atoms with Gasteiger partial charge in [0.2, 0.25) is 0 Å². The Morgan fingerprint density at radius 3 is 2.71 bits per heavy atom. The third-order valence-corrected chi connectivity index (χ3v) is 3.71. The maximum absolute atomic E-state index is 12.8. The van der Waals surface area contributed by atoms with Crippen molar-refractivity contribution < 1.29 is 4.79 Å². The molecule has 3 heteroatoms. The van der Waals surface area contributed by atoms with Crippen molar-refractivity contribution in [2.24, 2.45) is 0 Å². The fraction of sp³-hybridized carbons (Fsp3) is 0.111. The van der Waals surface area contributed by atoms with E-state index >= 15 is 0 Å². The van der Waals surface area contributed by atoms with Crippen molar-refractivity contribution in [2.45, 2.75) is 13.8 Å². The van der Waals surface area contributed by atoms with E-state index in [4.69, 9.17) is 0 Å². The summed E-state index contributed by atoms with van der Waals surface area (Å²) >= 11 is 0. The van der Waals surface area contributed by atoms with E-state index in [1.54, 1.807) is 12.3 Å². The van der Waals surface area contributed by atoms with Crippen LogP contribution in [0.1, 0.15) is 32.6 Å². The van der Waals surface area contributed by atoms with Gasteiger partial charge in [-0.25, -0.2) is 0 Å². The van der Waals surface area contributed by atoms with Gasteiger partial charge in [-0.1, -0.05) is 23.8 Å². The van der Waals surface area contributed by atoms with Gasteiger partial charge in [-0.05, 0) is 37.6 Å². The van der Waals surface area contributed by atoms with Crippen molar-refractivity contribution in [2.75, 3.05) is 0 Å². The number of hydrogen-bond acceptors (Lipinski definition) is 2. The van der Waals surface area contributed by atoms with Crippen LogP contribution in [0, 0.1) is 25.2 Å². The monoisotopic (exact) mass is 274 g/mol. The lowest BCUT2D eigenvalue weighted by Gasteiger charge is -2.06. The van der Waals surface area contributed by atoms with Crippen LogP contribution in [0.25, 0.3) is 10.9 Å². The van der Waals surface area contributed by atoms with Crippen LogP contribution in [0.15, 0.2) is 42.6 Å². The highest BCUT2D eigenvalue weighted by Gasteiger charge is 2.18. The van der Waals surface area contributed by atoms with Crippen molar-refractivity contribution >= 4 is 16.7 Å². The summed E-state index contributed by atoms with van der Waals surface area (Å²) in [5.41, 5.74) is 4.54. The zero-order valence-electron chi connectivity index (χ0n) is 11.9. The Morgan fingerprint density at radius 2 is 1.95 bits per heavy atom. The zero-order chi connectivity index (χ0) is 15.0. The minimum atomic E-state index is -0.0508. The molecule has 0 saturated heterocycles. The van der Waals surface area contributed by atoms with Crippen molar-refractivity contribution in [1.82, 2.24) is 4.98 Å². The van der Waals surface area contributed by atoms with E-state index in [1.165, 1.54) is 0 Å². The highest BCUT2D eigenvalue weighted by atomic mass is 16.1. The molecule has 0 atom stereocenters. The molecule has 102 valence electrons. The quantitative estimate of drug-likeness (QED) is 0.721. The van der Waals surface area contributed by atoms with Gasteiger partial charge in [0.05, 0.1) is 11.6 Å². The first-order chi connectivity index (χ1) is 10.1. The third-order valence-electron chi connectivity index (χ3n) is 3.71. The number of carbonyl (C=O) groups excluding carboxylic acids is 1. The summed E-state index contributed by atoms with van der Waals surface area (Å²) in [5.74, 6) is -0.0508. The van der Waals surface area contributed by atoms with Gasteiger partial charge in [0.15, 0.2) is 5.78 Å². The first kappa shape index (κ1) is 13.1. The van der Waals surface area contributed by atoms with Crippen molar-refractivity contribution in [3.63, 3.8) is 0 Å². The van der Waals surface area contributed by atoms with E-state index in [-0.39, 0.29) is 5.78 Å². The first-order valence-electron chi connectivity index (χ1n) is 6.74. The van der Waals surface area contributed by atoms with Crippen LogP contribution in [-0.2, 0) is 0 Å². The molecule has 0 aliphatic heterocycles. The van der Waals surface area contributed by atoms with Crippen LogP contribution in [0.2, 0.25) is 0 Å². The molecule has 0 aliphatic rings. The van der Waals surface area contributed by atoms with Crippen molar-refractivity contribution in [3.8, 4) is 6.07 Å². The van der Waals surface area contributed by atoms with E-state index < -0.39 is 0 Å². The number of H-pyrrole nitrogens is 1. The molecule has 1 heterocycles. The standard InChI is InChI=1S/C18H14N2O/c1-11-6-7-12(2)14(8-11)18(21)15-10-20-16-5-3-4-13(9-19)17(15)16/h3-8,10,20H,1-2H3. The van der Waals surface area contributed by atoms with Crippen LogP contribution in [0.4, 0.5) is 0 Å². The molecular formula is C18H14N2O. The number of rotatable bonds is 2. The van der Waals surface area contributed by atoms with Crippen LogP contribution in [0.5, 0.6) is 0 Å². The summed E-state index contributed by atoms with van der Waals surface area (Å²) < 4.78 is 0. The fourth-order valence-corrected chi connectivity index (χ4v) is 2.58. The third kappa shape index (κ3) is 2.11. The Morgan fingerprint density at radius 1 is 1.14 bits per heavy atom. The van der Waals surface area contributed by atoms with Crippen molar-refractivity contribution in [3.05, 3.63) is 70.4 Å². The molecule has 0 amide bonds. The molecule has 3 nitrogen and oxygen atoms in total. The smallest absolute Gasteiger partial charge is 0.195 e. The lowest BCUT2D eigenvalue weighted by Crippen LogP contribution is -2.04. The predicted octanol–water partition coefficient (Wildman–Crippen LogP) is 3.89. The topological polar surface area (TPSA) is 56.6 Å². The van der Waals surface area contributed by atoms with Gasteiger partial charge in [-0.2, -0.15) is 5.26 Å². The van der Waals surface area contributed by atoms with E-state index in [0.717, 1.165) is 16.6 Å². The number of hydrogen-bond donors (Lipinski definition) is 1. The van der Waals surface area contributed by atoms with Gasteiger partial charge in [-0.15, -0.1) is 0 Å². The summed E-state index contributed by atoms with van der Waals surface area (Å²) in [4.78, 5) is 15.9. The summed E-state index contributed by atoms with van der Waals surface area (Å²) in [7, 11) is 0. The van der Waals surface area contributed by atoms with Gasteiger partial charge in [0.25, 0.3) is 0 Å². The van der Waals surface area contributed by atoms with Gasteiger partial charge in [-0.3, -0.25) is 4.79 Å². The molecule has 0 unspecified atom stereocenters. The second-order valence-corrected chi connectivity index (χ2v) is 5.19. The number of nitriles is 1. The summed E-state index contributed by atoms with van der Waals surface area (Å²) in [6.45, 7) is 3.89. The van der Waals surface area contributed by atoms with E-state index in [1.807, 2.05) is 44.2 Å². The molecule has 3 rings (SSSR count). The molecule has 0 bridgehead atoms. The Hall–Kier alpha value is -2.86. The van der Waals surface area contributed by atoms with E-state index in [9.17, 15) is 10.1 Å². The normalized spacial score (nSPS) is 10.5. The fourth-order valence-electron chi connectivity index (χ4n) is 2.58. The van der Waals surface area contributed by atoms with Crippen LogP contribution in [0.3, 0.4) is 0 Å². The number of aromatic nitrogens is 1. The Kier molecular flexibility index (Phi) is 3.08. The molecule has 3 aromatic rings. The minimum Gasteiger partial charge on any atom is -0.360 e. The maximum atomic E-state index is 12.8. The molecule has 0 spiro atoms. The summed E-state index contributed by atoms with van der Waals surface area (Å²) in [6, 6.07) is 13.4. The van der Waals surface area contributed by atoms with Crippen LogP contribution < -0.4 is 0 Å². The summed E-state index contributed by atoms with van der Waals surface area (Å²) in [6.07, 6.45) is 1.69. The molecule has 0 fully saturated rings. The number of ketones is 1. The highest BCUT2D eigenvalue weighted by molar-refractivity contribution is 6.18. The van der Waals surface area contributed by atoms with Gasteiger partial charge in [0, 0.05) is 28.2 Å². The van der Waals surface area contributed by atoms with Crippen molar-refractivity contribution in [1.29, 1.82) is 5.26 Å². The SMILES string of the molecule is Cc1ccc(C)c(C(=O)c2c[nH]c3cccc(C#N)c23)c1. The average Bonchev–Trinajstić information content (AvgIpc) is 2.93. The number of benzene rings is 2. The first-order valence-corrected chi connectivity index (χ1v) is 6.74. The number of aromatic amines is 1. The Balaban J connectivity index is 2.24. The zero-order valence-corrected chi connectivity index (χ0v) is 11.9. The lowest BCUT2D eigenvalue weighted by molar-refractivity contribution is 0.103. The molecule has 1 aromatic heterocycles. The predicted molar refractivity (Wildman–Crippen MR) is 82.4 cm³/mol. The highest BCUT2D eigenvalue weighted by Crippen LogP contribution is 2.25. The van der Waals surface area contributed by atoms with Crippen LogP contribution >= 0.6 is 0 Å². The Bertz CT molecular complexity index is 897. The molecule has 0 aliphatic carbocycles.